The number of nitrogens with zero attached hydrogens (tertiary/aromatic N) is 1. The van der Waals surface area contributed by atoms with Crippen molar-refractivity contribution in [2.75, 3.05) is 0 Å². The smallest absolute Gasteiger partial charge is 0.244 e. The van der Waals surface area contributed by atoms with E-state index >= 15 is 0 Å². The molecule has 0 heterocycles. The zero-order valence-corrected chi connectivity index (χ0v) is 14.1. The molecule has 2 aromatic carbocycles. The molecular formula is C15H12Br2N2O2. The van der Waals surface area contributed by atoms with E-state index in [9.17, 15) is 9.90 Å². The predicted molar refractivity (Wildman–Crippen MR) is 89.4 cm³/mol. The number of hydrogen-bond acceptors (Lipinski definition) is 3. The van der Waals surface area contributed by atoms with Gasteiger partial charge in [0, 0.05) is 0 Å². The van der Waals surface area contributed by atoms with Crippen molar-refractivity contribution < 1.29 is 9.90 Å². The zero-order valence-electron chi connectivity index (χ0n) is 10.9. The van der Waals surface area contributed by atoms with Crippen LogP contribution in [0.1, 0.15) is 11.1 Å². The number of carbonyl (C=O) groups excluding carboxylic acids is 1. The van der Waals surface area contributed by atoms with E-state index in [1.165, 1.54) is 6.21 Å². The average Bonchev–Trinajstić information content (AvgIpc) is 2.45. The summed E-state index contributed by atoms with van der Waals surface area (Å²) in [5.74, 6) is -0.0605. The first-order chi connectivity index (χ1) is 10.1. The van der Waals surface area contributed by atoms with Crippen LogP contribution >= 0.6 is 31.9 Å². The van der Waals surface area contributed by atoms with Crippen LogP contribution in [0.2, 0.25) is 0 Å². The van der Waals surface area contributed by atoms with Crippen LogP contribution in [0.4, 0.5) is 0 Å². The number of rotatable bonds is 4. The van der Waals surface area contributed by atoms with Gasteiger partial charge in [-0.3, -0.25) is 4.79 Å². The number of phenols is 1. The van der Waals surface area contributed by atoms with Gasteiger partial charge in [-0.1, -0.05) is 30.3 Å². The van der Waals surface area contributed by atoms with Gasteiger partial charge in [-0.05, 0) is 55.1 Å². The second kappa shape index (κ2) is 7.38. The molecule has 4 nitrogen and oxygen atoms in total. The Morgan fingerprint density at radius 3 is 2.43 bits per heavy atom. The minimum absolute atomic E-state index is 0.125. The fourth-order valence-electron chi connectivity index (χ4n) is 1.66. The Balaban J connectivity index is 1.95. The molecule has 21 heavy (non-hydrogen) atoms. The van der Waals surface area contributed by atoms with E-state index in [0.717, 1.165) is 11.1 Å². The first kappa shape index (κ1) is 15.7. The Morgan fingerprint density at radius 1 is 1.19 bits per heavy atom. The number of carbonyl (C=O) groups is 1. The molecule has 1 amide bonds. The molecule has 0 atom stereocenters. The number of benzene rings is 2. The molecule has 0 saturated heterocycles. The molecule has 0 radical (unpaired) electrons. The van der Waals surface area contributed by atoms with Crippen LogP contribution < -0.4 is 5.43 Å². The normalized spacial score (nSPS) is 10.8. The van der Waals surface area contributed by atoms with E-state index in [2.05, 4.69) is 42.4 Å². The van der Waals surface area contributed by atoms with Gasteiger partial charge < -0.3 is 5.11 Å². The highest BCUT2D eigenvalue weighted by Crippen LogP contribution is 2.32. The van der Waals surface area contributed by atoms with E-state index in [0.29, 0.717) is 8.95 Å². The molecule has 0 aliphatic carbocycles. The summed E-state index contributed by atoms with van der Waals surface area (Å²) in [5, 5.41) is 13.5. The molecule has 6 heteroatoms. The van der Waals surface area contributed by atoms with Crippen molar-refractivity contribution >= 4 is 44.0 Å². The Hall–Kier alpha value is -1.66. The summed E-state index contributed by atoms with van der Waals surface area (Å²) < 4.78 is 1.10. The maximum absolute atomic E-state index is 11.7. The van der Waals surface area contributed by atoms with Crippen molar-refractivity contribution in [2.45, 2.75) is 6.42 Å². The second-order valence-electron chi connectivity index (χ2n) is 4.29. The lowest BCUT2D eigenvalue weighted by Crippen LogP contribution is -2.19. The first-order valence-corrected chi connectivity index (χ1v) is 7.68. The number of aromatic hydroxyl groups is 1. The van der Waals surface area contributed by atoms with Crippen molar-refractivity contribution in [3.63, 3.8) is 0 Å². The number of phenolic OH excluding ortho intramolecular Hbond substituents is 1. The van der Waals surface area contributed by atoms with Crippen LogP contribution in [-0.4, -0.2) is 17.2 Å². The predicted octanol–water partition coefficient (Wildman–Crippen LogP) is 3.61. The summed E-state index contributed by atoms with van der Waals surface area (Å²) >= 11 is 6.47. The Labute approximate surface area is 139 Å². The summed E-state index contributed by atoms with van der Waals surface area (Å²) in [6.45, 7) is 0. The fraction of sp³-hybridized carbons (Fsp3) is 0.0667. The molecule has 0 unspecified atom stereocenters. The SMILES string of the molecule is O=C(Cc1ccccc1)NN=Cc1cc(Br)c(O)c(Br)c1. The molecule has 2 rings (SSSR count). The van der Waals surface area contributed by atoms with E-state index in [4.69, 9.17) is 0 Å². The van der Waals surface area contributed by atoms with Crippen molar-refractivity contribution in [3.8, 4) is 5.75 Å². The van der Waals surface area contributed by atoms with Crippen LogP contribution in [0.25, 0.3) is 0 Å². The molecule has 108 valence electrons. The van der Waals surface area contributed by atoms with Crippen LogP contribution in [-0.2, 0) is 11.2 Å². The fourth-order valence-corrected chi connectivity index (χ4v) is 2.88. The first-order valence-electron chi connectivity index (χ1n) is 6.10. The number of hydrazone groups is 1. The highest BCUT2D eigenvalue weighted by atomic mass is 79.9. The molecule has 0 saturated carbocycles. The van der Waals surface area contributed by atoms with Crippen LogP contribution in [0.5, 0.6) is 5.75 Å². The second-order valence-corrected chi connectivity index (χ2v) is 6.00. The molecule has 0 aliphatic rings. The van der Waals surface area contributed by atoms with Gasteiger partial charge >= 0.3 is 0 Å². The molecular weight excluding hydrogens is 400 g/mol. The van der Waals surface area contributed by atoms with Gasteiger partial charge in [-0.25, -0.2) is 5.43 Å². The molecule has 0 spiro atoms. The standard InChI is InChI=1S/C15H12Br2N2O2/c16-12-6-11(7-13(17)15(12)21)9-18-19-14(20)8-10-4-2-1-3-5-10/h1-7,9,21H,8H2,(H,19,20). The van der Waals surface area contributed by atoms with Crippen LogP contribution in [0.3, 0.4) is 0 Å². The molecule has 0 aliphatic heterocycles. The van der Waals surface area contributed by atoms with Gasteiger partial charge in [-0.2, -0.15) is 5.10 Å². The van der Waals surface area contributed by atoms with Gasteiger partial charge in [-0.15, -0.1) is 0 Å². The highest BCUT2D eigenvalue weighted by molar-refractivity contribution is 9.11. The lowest BCUT2D eigenvalue weighted by Gasteiger charge is -2.02. The third-order valence-electron chi connectivity index (χ3n) is 2.65. The van der Waals surface area contributed by atoms with Gasteiger partial charge in [0.15, 0.2) is 0 Å². The Morgan fingerprint density at radius 2 is 1.81 bits per heavy atom. The van der Waals surface area contributed by atoms with Gasteiger partial charge in [0.05, 0.1) is 21.6 Å². The summed E-state index contributed by atoms with van der Waals surface area (Å²) in [6, 6.07) is 12.9. The number of halogens is 2. The molecule has 0 aromatic heterocycles. The van der Waals surface area contributed by atoms with Gasteiger partial charge in [0.25, 0.3) is 0 Å². The minimum atomic E-state index is -0.186. The van der Waals surface area contributed by atoms with Crippen molar-refractivity contribution in [1.82, 2.24) is 5.43 Å². The van der Waals surface area contributed by atoms with E-state index in [-0.39, 0.29) is 18.1 Å². The Bertz CT molecular complexity index is 650. The molecule has 2 N–H and O–H groups in total. The number of nitrogens with one attached hydrogen (secondary N) is 1. The maximum atomic E-state index is 11.7. The average molecular weight is 412 g/mol. The third kappa shape index (κ3) is 4.68. The Kier molecular flexibility index (Phi) is 5.52. The van der Waals surface area contributed by atoms with Crippen LogP contribution in [0, 0.1) is 0 Å². The van der Waals surface area contributed by atoms with E-state index in [1.807, 2.05) is 30.3 Å². The lowest BCUT2D eigenvalue weighted by molar-refractivity contribution is -0.120. The highest BCUT2D eigenvalue weighted by Gasteiger charge is 2.05. The van der Waals surface area contributed by atoms with Crippen LogP contribution in [0.15, 0.2) is 56.5 Å². The van der Waals surface area contributed by atoms with Crippen molar-refractivity contribution in [2.24, 2.45) is 5.10 Å². The van der Waals surface area contributed by atoms with Gasteiger partial charge in [0.2, 0.25) is 5.91 Å². The molecule has 0 fully saturated rings. The largest absolute Gasteiger partial charge is 0.506 e. The van der Waals surface area contributed by atoms with Gasteiger partial charge in [0.1, 0.15) is 5.75 Å². The van der Waals surface area contributed by atoms with E-state index in [1.54, 1.807) is 12.1 Å². The molecule has 2 aromatic rings. The monoisotopic (exact) mass is 410 g/mol. The van der Waals surface area contributed by atoms with Crippen molar-refractivity contribution in [3.05, 3.63) is 62.5 Å². The zero-order chi connectivity index (χ0) is 15.2. The van der Waals surface area contributed by atoms with Crippen molar-refractivity contribution in [1.29, 1.82) is 0 Å². The quantitative estimate of drug-likeness (QED) is 0.596. The van der Waals surface area contributed by atoms with E-state index < -0.39 is 0 Å². The number of hydrogen-bond donors (Lipinski definition) is 2. The lowest BCUT2D eigenvalue weighted by atomic mass is 10.1. The molecule has 0 bridgehead atoms. The summed E-state index contributed by atoms with van der Waals surface area (Å²) in [4.78, 5) is 11.7. The topological polar surface area (TPSA) is 61.7 Å². The summed E-state index contributed by atoms with van der Waals surface area (Å²) in [6.07, 6.45) is 1.79. The minimum Gasteiger partial charge on any atom is -0.506 e. The summed E-state index contributed by atoms with van der Waals surface area (Å²) in [5.41, 5.74) is 4.14. The maximum Gasteiger partial charge on any atom is 0.244 e. The third-order valence-corrected chi connectivity index (χ3v) is 3.86. The summed E-state index contributed by atoms with van der Waals surface area (Å²) in [7, 11) is 0. The number of amides is 1.